The van der Waals surface area contributed by atoms with E-state index in [1.54, 1.807) is 0 Å². The number of hydrogen-bond donors (Lipinski definition) is 0. The van der Waals surface area contributed by atoms with Gasteiger partial charge in [0.05, 0.1) is 18.6 Å². The van der Waals surface area contributed by atoms with E-state index in [4.69, 9.17) is 9.47 Å². The van der Waals surface area contributed by atoms with E-state index in [0.717, 1.165) is 47.8 Å². The second kappa shape index (κ2) is 8.61. The molecule has 0 radical (unpaired) electrons. The van der Waals surface area contributed by atoms with Crippen LogP contribution in [0.1, 0.15) is 52.0 Å². The minimum absolute atomic E-state index is 0.310. The van der Waals surface area contributed by atoms with Crippen molar-refractivity contribution >= 4 is 10.9 Å². The van der Waals surface area contributed by atoms with Crippen molar-refractivity contribution in [3.63, 3.8) is 0 Å². The van der Waals surface area contributed by atoms with Crippen molar-refractivity contribution in [1.29, 1.82) is 0 Å². The lowest BCUT2D eigenvalue weighted by molar-refractivity contribution is -0.585. The summed E-state index contributed by atoms with van der Waals surface area (Å²) in [6.07, 6.45) is 4.76. The minimum atomic E-state index is 0.310. The molecule has 0 N–H and O–H groups in total. The highest BCUT2D eigenvalue weighted by Crippen LogP contribution is 2.34. The molecule has 0 amide bonds. The van der Waals surface area contributed by atoms with Gasteiger partial charge >= 0.3 is 5.88 Å². The summed E-state index contributed by atoms with van der Waals surface area (Å²) in [6, 6.07) is 7.65. The number of pyridine rings is 1. The summed E-state index contributed by atoms with van der Waals surface area (Å²) < 4.78 is 12.7. The minimum Gasteiger partial charge on any atom is -0.615 e. The molecule has 1 aromatic heterocycles. The first-order chi connectivity index (χ1) is 11.2. The third kappa shape index (κ3) is 3.87. The van der Waals surface area contributed by atoms with E-state index in [1.165, 1.54) is 0 Å². The molecule has 0 spiro atoms. The largest absolute Gasteiger partial charge is 0.615 e. The third-order valence-corrected chi connectivity index (χ3v) is 3.94. The van der Waals surface area contributed by atoms with Crippen LogP contribution >= 0.6 is 0 Å². The van der Waals surface area contributed by atoms with Gasteiger partial charge in [-0.15, -0.1) is 4.73 Å². The molecule has 4 nitrogen and oxygen atoms in total. The average molecular weight is 317 g/mol. The zero-order valence-corrected chi connectivity index (χ0v) is 14.4. The highest BCUT2D eigenvalue weighted by molar-refractivity contribution is 5.82. The molecule has 0 aliphatic heterocycles. The first kappa shape index (κ1) is 17.4. The summed E-state index contributed by atoms with van der Waals surface area (Å²) >= 11 is 0. The van der Waals surface area contributed by atoms with Gasteiger partial charge in [-0.25, -0.2) is 0 Å². The van der Waals surface area contributed by atoms with E-state index in [9.17, 15) is 5.21 Å². The van der Waals surface area contributed by atoms with Crippen LogP contribution in [0.15, 0.2) is 24.3 Å². The Balaban J connectivity index is 2.52. The summed E-state index contributed by atoms with van der Waals surface area (Å²) in [5.74, 6) is 0.927. The fraction of sp³-hybridized carbons (Fsp3) is 0.526. The molecule has 0 aliphatic rings. The van der Waals surface area contributed by atoms with Gasteiger partial charge in [0, 0.05) is 11.6 Å². The number of hydrogen-bond acceptors (Lipinski definition) is 3. The number of rotatable bonds is 9. The predicted octanol–water partition coefficient (Wildman–Crippen LogP) is 4.39. The van der Waals surface area contributed by atoms with Crippen LogP contribution in [0.3, 0.4) is 0 Å². The number of aryl methyl sites for hydroxylation is 1. The number of ether oxygens (including phenoxy) is 2. The molecule has 0 saturated carbocycles. The fourth-order valence-corrected chi connectivity index (χ4v) is 2.61. The van der Waals surface area contributed by atoms with E-state index in [2.05, 4.69) is 20.8 Å². The van der Waals surface area contributed by atoms with Crippen LogP contribution < -0.4 is 14.2 Å². The first-order valence-electron chi connectivity index (χ1n) is 8.67. The molecule has 126 valence electrons. The molecule has 0 saturated heterocycles. The molecule has 0 atom stereocenters. The Morgan fingerprint density at radius 2 is 1.61 bits per heavy atom. The smallest absolute Gasteiger partial charge is 0.423 e. The summed E-state index contributed by atoms with van der Waals surface area (Å²) in [5, 5.41) is 13.7. The second-order valence-corrected chi connectivity index (χ2v) is 5.68. The number of aromatic nitrogens is 1. The summed E-state index contributed by atoms with van der Waals surface area (Å²) in [7, 11) is 0. The molecule has 0 bridgehead atoms. The standard InChI is InChI=1S/C19H27NO3/c1-4-7-13-22-18-15(6-3)16-11-9-10-12-17(16)20(21)19(18)23-14-8-5-2/h9-12H,4-8,13-14H2,1-3H3. The van der Waals surface area contributed by atoms with Crippen LogP contribution in [0.2, 0.25) is 0 Å². The van der Waals surface area contributed by atoms with Crippen LogP contribution in [0.4, 0.5) is 0 Å². The normalized spacial score (nSPS) is 10.9. The maximum Gasteiger partial charge on any atom is 0.423 e. The number of benzene rings is 1. The molecule has 1 aromatic carbocycles. The highest BCUT2D eigenvalue weighted by atomic mass is 16.6. The van der Waals surface area contributed by atoms with Crippen molar-refractivity contribution < 1.29 is 14.2 Å². The van der Waals surface area contributed by atoms with E-state index < -0.39 is 0 Å². The summed E-state index contributed by atoms with van der Waals surface area (Å²) in [5.41, 5.74) is 1.69. The molecule has 1 heterocycles. The Labute approximate surface area is 138 Å². The van der Waals surface area contributed by atoms with Gasteiger partial charge in [-0.1, -0.05) is 45.7 Å². The highest BCUT2D eigenvalue weighted by Gasteiger charge is 2.25. The van der Waals surface area contributed by atoms with Crippen molar-refractivity contribution in [2.24, 2.45) is 0 Å². The maximum atomic E-state index is 12.8. The Hall–Kier alpha value is -1.97. The van der Waals surface area contributed by atoms with E-state index >= 15 is 0 Å². The molecule has 0 unspecified atom stereocenters. The maximum absolute atomic E-state index is 12.8. The van der Waals surface area contributed by atoms with E-state index in [0.29, 0.717) is 30.4 Å². The number of nitrogens with zero attached hydrogens (tertiary/aromatic N) is 1. The Morgan fingerprint density at radius 1 is 0.957 bits per heavy atom. The van der Waals surface area contributed by atoms with Crippen molar-refractivity contribution in [1.82, 2.24) is 0 Å². The lowest BCUT2D eigenvalue weighted by Gasteiger charge is -2.17. The van der Waals surface area contributed by atoms with Crippen LogP contribution in [-0.4, -0.2) is 13.2 Å². The Bertz CT molecular complexity index is 640. The van der Waals surface area contributed by atoms with Crippen molar-refractivity contribution in [2.75, 3.05) is 13.2 Å². The van der Waals surface area contributed by atoms with Crippen LogP contribution in [0.25, 0.3) is 10.9 Å². The quantitative estimate of drug-likeness (QED) is 0.391. The van der Waals surface area contributed by atoms with Gasteiger partial charge in [0.15, 0.2) is 0 Å². The number of unbranched alkanes of at least 4 members (excludes halogenated alkanes) is 2. The SMILES string of the molecule is CCCCOc1c(CC)c2ccccc2[n+]([O-])c1OCCCC. The average Bonchev–Trinajstić information content (AvgIpc) is 2.58. The van der Waals surface area contributed by atoms with Crippen LogP contribution in [0.5, 0.6) is 11.6 Å². The third-order valence-electron chi connectivity index (χ3n) is 3.94. The second-order valence-electron chi connectivity index (χ2n) is 5.68. The molecule has 0 aliphatic carbocycles. The molecule has 2 aromatic rings. The lowest BCUT2D eigenvalue weighted by atomic mass is 10.1. The fourth-order valence-electron chi connectivity index (χ4n) is 2.61. The van der Waals surface area contributed by atoms with Crippen molar-refractivity contribution in [3.8, 4) is 11.6 Å². The Kier molecular flexibility index (Phi) is 6.51. The number of fused-ring (bicyclic) bond motifs is 1. The molecule has 2 rings (SSSR count). The zero-order valence-electron chi connectivity index (χ0n) is 14.4. The summed E-state index contributed by atoms with van der Waals surface area (Å²) in [4.78, 5) is 0. The lowest BCUT2D eigenvalue weighted by Crippen LogP contribution is -2.32. The zero-order chi connectivity index (χ0) is 16.7. The van der Waals surface area contributed by atoms with Crippen molar-refractivity contribution in [3.05, 3.63) is 35.0 Å². The molecule has 4 heteroatoms. The van der Waals surface area contributed by atoms with Gasteiger partial charge in [0.1, 0.15) is 0 Å². The molecular formula is C19H27NO3. The van der Waals surface area contributed by atoms with E-state index in [-0.39, 0.29) is 0 Å². The van der Waals surface area contributed by atoms with Crippen LogP contribution in [-0.2, 0) is 6.42 Å². The van der Waals surface area contributed by atoms with Gasteiger partial charge in [0.2, 0.25) is 11.3 Å². The van der Waals surface area contributed by atoms with Gasteiger partial charge in [-0.05, 0) is 25.3 Å². The molecule has 0 fully saturated rings. The van der Waals surface area contributed by atoms with Gasteiger partial charge in [-0.3, -0.25) is 0 Å². The van der Waals surface area contributed by atoms with E-state index in [1.807, 2.05) is 24.3 Å². The van der Waals surface area contributed by atoms with Gasteiger partial charge in [0.25, 0.3) is 0 Å². The predicted molar refractivity (Wildman–Crippen MR) is 93.1 cm³/mol. The monoisotopic (exact) mass is 317 g/mol. The molecular weight excluding hydrogens is 290 g/mol. The Morgan fingerprint density at radius 3 is 2.26 bits per heavy atom. The van der Waals surface area contributed by atoms with Gasteiger partial charge in [-0.2, -0.15) is 0 Å². The molecule has 23 heavy (non-hydrogen) atoms. The first-order valence-corrected chi connectivity index (χ1v) is 8.67. The number of para-hydroxylation sites is 1. The van der Waals surface area contributed by atoms with Crippen molar-refractivity contribution in [2.45, 2.75) is 52.9 Å². The summed E-state index contributed by atoms with van der Waals surface area (Å²) in [6.45, 7) is 7.44. The van der Waals surface area contributed by atoms with Gasteiger partial charge < -0.3 is 14.7 Å². The topological polar surface area (TPSA) is 45.4 Å². The van der Waals surface area contributed by atoms with Crippen LogP contribution in [0, 0.1) is 5.21 Å².